The molecule has 0 saturated carbocycles. The van der Waals surface area contributed by atoms with E-state index in [1.807, 2.05) is 37.3 Å². The van der Waals surface area contributed by atoms with Gasteiger partial charge in [0.2, 0.25) is 11.8 Å². The summed E-state index contributed by atoms with van der Waals surface area (Å²) in [6.07, 6.45) is 0.903. The van der Waals surface area contributed by atoms with Gasteiger partial charge < -0.3 is 15.0 Å². The Balaban J connectivity index is 1.80. The van der Waals surface area contributed by atoms with Gasteiger partial charge in [0.1, 0.15) is 18.3 Å². The Morgan fingerprint density at radius 1 is 0.889 bits per heavy atom. The van der Waals surface area contributed by atoms with Crippen LogP contribution in [0.1, 0.15) is 24.5 Å². The highest BCUT2D eigenvalue weighted by molar-refractivity contribution is 7.92. The number of ether oxygens (including phenoxy) is 1. The first-order valence-electron chi connectivity index (χ1n) is 14.4. The lowest BCUT2D eigenvalue weighted by atomic mass is 10.0. The molecule has 4 aromatic rings. The largest absolute Gasteiger partial charge is 0.497 e. The molecule has 0 radical (unpaired) electrons. The van der Waals surface area contributed by atoms with Crippen molar-refractivity contribution in [3.05, 3.63) is 124 Å². The van der Waals surface area contributed by atoms with E-state index in [0.29, 0.717) is 34.3 Å². The van der Waals surface area contributed by atoms with Crippen LogP contribution < -0.4 is 14.4 Å². The third kappa shape index (κ3) is 8.78. The maximum absolute atomic E-state index is 14.5. The Labute approximate surface area is 274 Å². The van der Waals surface area contributed by atoms with Gasteiger partial charge in [-0.2, -0.15) is 0 Å². The molecule has 0 unspecified atom stereocenters. The minimum atomic E-state index is -4.28. The lowest BCUT2D eigenvalue weighted by Crippen LogP contribution is -2.53. The Bertz CT molecular complexity index is 1700. The summed E-state index contributed by atoms with van der Waals surface area (Å²) in [5.41, 5.74) is 1.64. The van der Waals surface area contributed by atoms with Gasteiger partial charge >= 0.3 is 0 Å². The summed E-state index contributed by atoms with van der Waals surface area (Å²) in [7, 11) is -2.80. The molecule has 0 saturated heterocycles. The molecule has 2 amide bonds. The monoisotopic (exact) mass is 667 g/mol. The molecule has 11 heteroatoms. The van der Waals surface area contributed by atoms with Crippen LogP contribution in [-0.4, -0.2) is 51.4 Å². The molecular weight excluding hydrogens is 633 g/mol. The second-order valence-electron chi connectivity index (χ2n) is 10.3. The minimum absolute atomic E-state index is 0.0263. The number of hydrogen-bond acceptors (Lipinski definition) is 5. The molecule has 0 bridgehead atoms. The molecule has 0 aromatic heterocycles. The topological polar surface area (TPSA) is 96.0 Å². The quantitative estimate of drug-likeness (QED) is 0.169. The average Bonchev–Trinajstić information content (AvgIpc) is 3.05. The zero-order valence-electron chi connectivity index (χ0n) is 25.0. The summed E-state index contributed by atoms with van der Waals surface area (Å²) in [6, 6.07) is 27.6. The second kappa shape index (κ2) is 15.8. The van der Waals surface area contributed by atoms with Crippen LogP contribution in [0.25, 0.3) is 0 Å². The van der Waals surface area contributed by atoms with Gasteiger partial charge in [-0.15, -0.1) is 0 Å². The van der Waals surface area contributed by atoms with E-state index >= 15 is 0 Å². The predicted molar refractivity (Wildman–Crippen MR) is 178 cm³/mol. The van der Waals surface area contributed by atoms with Crippen LogP contribution in [0.2, 0.25) is 10.0 Å². The zero-order valence-corrected chi connectivity index (χ0v) is 27.4. The Hall–Kier alpha value is -4.05. The highest BCUT2D eigenvalue weighted by Crippen LogP contribution is 2.28. The molecule has 0 aliphatic carbocycles. The molecule has 4 aromatic carbocycles. The molecule has 8 nitrogen and oxygen atoms in total. The van der Waals surface area contributed by atoms with Crippen molar-refractivity contribution in [3.8, 4) is 5.75 Å². The number of hydrogen-bond donors (Lipinski definition) is 1. The van der Waals surface area contributed by atoms with Crippen molar-refractivity contribution in [3.63, 3.8) is 0 Å². The molecule has 236 valence electrons. The van der Waals surface area contributed by atoms with Crippen molar-refractivity contribution in [2.24, 2.45) is 0 Å². The van der Waals surface area contributed by atoms with Crippen molar-refractivity contribution in [1.82, 2.24) is 10.2 Å². The Morgan fingerprint density at radius 2 is 1.58 bits per heavy atom. The summed E-state index contributed by atoms with van der Waals surface area (Å²) in [5, 5.41) is 3.63. The first kappa shape index (κ1) is 33.8. The third-order valence-electron chi connectivity index (χ3n) is 7.14. The number of benzene rings is 4. The van der Waals surface area contributed by atoms with Crippen LogP contribution >= 0.6 is 23.2 Å². The lowest BCUT2D eigenvalue weighted by molar-refractivity contribution is -0.140. The fraction of sp³-hybridized carbons (Fsp3) is 0.235. The maximum atomic E-state index is 14.5. The molecule has 4 rings (SSSR count). The number of amides is 2. The molecule has 1 N–H and O–H groups in total. The van der Waals surface area contributed by atoms with E-state index < -0.39 is 28.5 Å². The zero-order chi connectivity index (χ0) is 32.4. The van der Waals surface area contributed by atoms with Crippen molar-refractivity contribution in [2.75, 3.05) is 24.5 Å². The molecule has 0 heterocycles. The summed E-state index contributed by atoms with van der Waals surface area (Å²) >= 11 is 12.8. The number of methoxy groups -OCH3 is 1. The first-order chi connectivity index (χ1) is 21.6. The van der Waals surface area contributed by atoms with Gasteiger partial charge in [-0.05, 0) is 66.1 Å². The van der Waals surface area contributed by atoms with E-state index in [0.717, 1.165) is 9.87 Å². The Kier molecular flexibility index (Phi) is 11.9. The van der Waals surface area contributed by atoms with E-state index in [4.69, 9.17) is 27.9 Å². The van der Waals surface area contributed by atoms with E-state index in [2.05, 4.69) is 5.32 Å². The number of anilines is 1. The van der Waals surface area contributed by atoms with Gasteiger partial charge in [0, 0.05) is 29.6 Å². The number of halogens is 2. The molecular formula is C34H35Cl2N3O5S. The predicted octanol–water partition coefficient (Wildman–Crippen LogP) is 6.36. The molecule has 45 heavy (non-hydrogen) atoms. The standard InChI is InChI=1S/C34H35Cl2N3O5S/c1-3-20-37-34(41)32(21-25-10-5-4-6-11-25)38(23-26-12-7-8-15-31(26)36)33(40)24-39(28-14-9-13-27(35)22-28)45(42,43)30-18-16-29(44-2)17-19-30/h4-19,22,32H,3,20-21,23-24H2,1-2H3,(H,37,41)/t32-/m0/s1. The highest BCUT2D eigenvalue weighted by Gasteiger charge is 2.35. The fourth-order valence-corrected chi connectivity index (χ4v) is 6.55. The van der Waals surface area contributed by atoms with Gasteiger partial charge in [0.25, 0.3) is 10.0 Å². The van der Waals surface area contributed by atoms with Crippen molar-refractivity contribution in [1.29, 1.82) is 0 Å². The van der Waals surface area contributed by atoms with Crippen LogP contribution in [0.4, 0.5) is 5.69 Å². The summed E-state index contributed by atoms with van der Waals surface area (Å²) in [4.78, 5) is 29.5. The van der Waals surface area contributed by atoms with Crippen LogP contribution in [0.3, 0.4) is 0 Å². The molecule has 0 aliphatic heterocycles. The van der Waals surface area contributed by atoms with Gasteiger partial charge in [0.15, 0.2) is 0 Å². The van der Waals surface area contributed by atoms with Crippen molar-refractivity contribution < 1.29 is 22.7 Å². The molecule has 0 spiro atoms. The molecule has 0 fully saturated rings. The molecule has 0 aliphatic rings. The minimum Gasteiger partial charge on any atom is -0.497 e. The average molecular weight is 669 g/mol. The summed E-state index contributed by atoms with van der Waals surface area (Å²) in [6.45, 7) is 1.72. The number of carbonyl (C=O) groups excluding carboxylic acids is 2. The van der Waals surface area contributed by atoms with Gasteiger partial charge in [-0.1, -0.05) is 84.7 Å². The van der Waals surface area contributed by atoms with Crippen molar-refractivity contribution >= 4 is 50.7 Å². The number of carbonyl (C=O) groups is 2. The molecule has 1 atom stereocenters. The Morgan fingerprint density at radius 3 is 2.22 bits per heavy atom. The lowest BCUT2D eigenvalue weighted by Gasteiger charge is -2.34. The van der Waals surface area contributed by atoms with Gasteiger partial charge in [-0.3, -0.25) is 13.9 Å². The van der Waals surface area contributed by atoms with Crippen molar-refractivity contribution in [2.45, 2.75) is 37.2 Å². The van der Waals surface area contributed by atoms with Crippen LogP contribution in [0.15, 0.2) is 108 Å². The second-order valence-corrected chi connectivity index (χ2v) is 13.0. The van der Waals surface area contributed by atoms with Crippen LogP contribution in [0.5, 0.6) is 5.75 Å². The first-order valence-corrected chi connectivity index (χ1v) is 16.6. The number of rotatable bonds is 14. The van der Waals surface area contributed by atoms with E-state index in [9.17, 15) is 18.0 Å². The van der Waals surface area contributed by atoms with E-state index in [-0.39, 0.29) is 29.5 Å². The highest BCUT2D eigenvalue weighted by atomic mass is 35.5. The van der Waals surface area contributed by atoms with Crippen LogP contribution in [-0.2, 0) is 32.6 Å². The maximum Gasteiger partial charge on any atom is 0.264 e. The van der Waals surface area contributed by atoms with E-state index in [1.54, 1.807) is 42.5 Å². The van der Waals surface area contributed by atoms with Crippen LogP contribution in [0, 0.1) is 0 Å². The smallest absolute Gasteiger partial charge is 0.264 e. The number of sulfonamides is 1. The third-order valence-corrected chi connectivity index (χ3v) is 9.53. The summed E-state index contributed by atoms with van der Waals surface area (Å²) < 4.78 is 34.4. The fourth-order valence-electron chi connectivity index (χ4n) is 4.77. The normalized spacial score (nSPS) is 11.8. The summed E-state index contributed by atoms with van der Waals surface area (Å²) in [5.74, 6) is -0.472. The van der Waals surface area contributed by atoms with E-state index in [1.165, 1.54) is 42.3 Å². The number of nitrogens with one attached hydrogen (secondary N) is 1. The SMILES string of the molecule is CCCNC(=O)[C@H](Cc1ccccc1)N(Cc1ccccc1Cl)C(=O)CN(c1cccc(Cl)c1)S(=O)(=O)c1ccc(OC)cc1. The van der Waals surface area contributed by atoms with Gasteiger partial charge in [-0.25, -0.2) is 8.42 Å². The number of nitrogens with zero attached hydrogens (tertiary/aromatic N) is 2. The van der Waals surface area contributed by atoms with Gasteiger partial charge in [0.05, 0.1) is 17.7 Å².